The van der Waals surface area contributed by atoms with Gasteiger partial charge in [-0.05, 0) is 13.3 Å². The summed E-state index contributed by atoms with van der Waals surface area (Å²) in [6.45, 7) is 4.99. The second-order valence-corrected chi connectivity index (χ2v) is 3.63. The van der Waals surface area contributed by atoms with Crippen LogP contribution >= 0.6 is 0 Å². The number of hydrogen-bond donors (Lipinski definition) is 1. The Hall–Kier alpha value is -1.62. The molecule has 94 valence electrons. The zero-order chi connectivity index (χ0) is 12.7. The first-order chi connectivity index (χ1) is 8.17. The summed E-state index contributed by atoms with van der Waals surface area (Å²) in [7, 11) is 1.39. The van der Waals surface area contributed by atoms with Crippen LogP contribution in [0.4, 0.5) is 0 Å². The van der Waals surface area contributed by atoms with E-state index in [0.29, 0.717) is 25.1 Å². The average molecular weight is 238 g/mol. The van der Waals surface area contributed by atoms with Gasteiger partial charge in [0.1, 0.15) is 5.76 Å². The van der Waals surface area contributed by atoms with Crippen LogP contribution in [0.5, 0.6) is 0 Å². The van der Waals surface area contributed by atoms with Crippen LogP contribution in [0.2, 0.25) is 0 Å². The van der Waals surface area contributed by atoms with Gasteiger partial charge in [0.05, 0.1) is 12.8 Å². The highest BCUT2D eigenvalue weighted by Crippen LogP contribution is 2.03. The molecule has 0 aromatic carbocycles. The predicted octanol–water partition coefficient (Wildman–Crippen LogP) is 1.58. The third kappa shape index (κ3) is 4.40. The van der Waals surface area contributed by atoms with E-state index in [1.165, 1.54) is 7.11 Å². The topological polar surface area (TPSA) is 64.4 Å². The monoisotopic (exact) mass is 238 g/mol. The highest BCUT2D eigenvalue weighted by atomic mass is 16.5. The van der Waals surface area contributed by atoms with Crippen LogP contribution in [0, 0.1) is 6.92 Å². The Balaban J connectivity index is 2.35. The third-order valence-electron chi connectivity index (χ3n) is 2.30. The highest BCUT2D eigenvalue weighted by Gasteiger charge is 2.05. The minimum absolute atomic E-state index is 0.272. The van der Waals surface area contributed by atoms with Crippen LogP contribution in [0.1, 0.15) is 24.8 Å². The molecular formula is C12H18N2O3. The minimum atomic E-state index is -0.272. The first kappa shape index (κ1) is 13.4. The zero-order valence-electron chi connectivity index (χ0n) is 10.4. The molecule has 0 unspecified atom stereocenters. The summed E-state index contributed by atoms with van der Waals surface area (Å²) in [5.41, 5.74) is 1.53. The highest BCUT2D eigenvalue weighted by molar-refractivity contribution is 5.88. The molecule has 0 saturated carbocycles. The average Bonchev–Trinajstić information content (AvgIpc) is 2.74. The molecule has 0 aliphatic heterocycles. The van der Waals surface area contributed by atoms with Gasteiger partial charge >= 0.3 is 5.97 Å². The summed E-state index contributed by atoms with van der Waals surface area (Å²) in [6.07, 6.45) is 2.50. The lowest BCUT2D eigenvalue weighted by Gasteiger charge is -2.02. The molecule has 0 bridgehead atoms. The maximum atomic E-state index is 11.3. The molecule has 0 atom stereocenters. The normalized spacial score (nSPS) is 11.6. The summed E-state index contributed by atoms with van der Waals surface area (Å²) >= 11 is 0. The number of nitrogens with zero attached hydrogens (tertiary/aromatic N) is 1. The van der Waals surface area contributed by atoms with Crippen molar-refractivity contribution in [2.75, 3.05) is 13.7 Å². The van der Waals surface area contributed by atoms with Gasteiger partial charge < -0.3 is 14.6 Å². The summed E-state index contributed by atoms with van der Waals surface area (Å²) in [5, 5.41) is 7.01. The number of carbonyl (C=O) groups is 1. The molecule has 1 aromatic heterocycles. The predicted molar refractivity (Wildman–Crippen MR) is 63.3 cm³/mol. The molecule has 17 heavy (non-hydrogen) atoms. The fraction of sp³-hybridized carbons (Fsp3) is 0.500. The number of carbonyl (C=O) groups excluding carboxylic acids is 1. The van der Waals surface area contributed by atoms with Gasteiger partial charge in [0.25, 0.3) is 0 Å². The van der Waals surface area contributed by atoms with E-state index in [0.717, 1.165) is 11.5 Å². The van der Waals surface area contributed by atoms with Gasteiger partial charge in [0, 0.05) is 24.7 Å². The quantitative estimate of drug-likeness (QED) is 0.463. The number of aromatic nitrogens is 1. The maximum Gasteiger partial charge on any atom is 0.333 e. The number of methoxy groups -OCH3 is 1. The summed E-state index contributed by atoms with van der Waals surface area (Å²) in [6, 6.07) is 1.87. The van der Waals surface area contributed by atoms with E-state index in [2.05, 4.69) is 15.2 Å². The van der Waals surface area contributed by atoms with Gasteiger partial charge in [-0.25, -0.2) is 4.79 Å². The number of rotatable bonds is 6. The van der Waals surface area contributed by atoms with Gasteiger partial charge in [-0.1, -0.05) is 18.2 Å². The lowest BCUT2D eigenvalue weighted by molar-refractivity contribution is -0.136. The van der Waals surface area contributed by atoms with Gasteiger partial charge in [-0.15, -0.1) is 0 Å². The molecule has 0 spiro atoms. The summed E-state index contributed by atoms with van der Waals surface area (Å²) in [4.78, 5) is 11.3. The van der Waals surface area contributed by atoms with E-state index in [9.17, 15) is 4.79 Å². The van der Waals surface area contributed by atoms with E-state index in [4.69, 9.17) is 4.52 Å². The molecule has 1 rings (SSSR count). The van der Waals surface area contributed by atoms with Crippen LogP contribution in [0.3, 0.4) is 0 Å². The molecule has 5 heteroatoms. The Morgan fingerprint density at radius 2 is 2.41 bits per heavy atom. The van der Waals surface area contributed by atoms with Crippen molar-refractivity contribution >= 4 is 5.97 Å². The van der Waals surface area contributed by atoms with Gasteiger partial charge in [-0.2, -0.15) is 0 Å². The molecule has 0 saturated heterocycles. The second-order valence-electron chi connectivity index (χ2n) is 3.63. The number of aryl methyl sites for hydroxylation is 1. The molecule has 0 aliphatic rings. The molecule has 0 aliphatic carbocycles. The molecular weight excluding hydrogens is 220 g/mol. The van der Waals surface area contributed by atoms with Crippen molar-refractivity contribution in [3.63, 3.8) is 0 Å². The van der Waals surface area contributed by atoms with E-state index in [1.807, 2.05) is 26.0 Å². The second kappa shape index (κ2) is 6.85. The van der Waals surface area contributed by atoms with Crippen LogP contribution < -0.4 is 5.32 Å². The van der Waals surface area contributed by atoms with E-state index in [1.54, 1.807) is 0 Å². The van der Waals surface area contributed by atoms with Crippen LogP contribution in [0.25, 0.3) is 0 Å². The Kier molecular flexibility index (Phi) is 5.42. The number of hydrogen-bond acceptors (Lipinski definition) is 5. The smallest absolute Gasteiger partial charge is 0.333 e. The number of nitrogens with one attached hydrogen (secondary N) is 1. The molecule has 0 fully saturated rings. The third-order valence-corrected chi connectivity index (χ3v) is 2.30. The molecule has 1 heterocycles. The van der Waals surface area contributed by atoms with Crippen molar-refractivity contribution < 1.29 is 14.1 Å². The first-order valence-corrected chi connectivity index (χ1v) is 5.57. The van der Waals surface area contributed by atoms with E-state index in [-0.39, 0.29) is 5.97 Å². The van der Waals surface area contributed by atoms with Crippen LogP contribution in [-0.2, 0) is 16.1 Å². The van der Waals surface area contributed by atoms with Crippen molar-refractivity contribution in [2.24, 2.45) is 0 Å². The van der Waals surface area contributed by atoms with Crippen molar-refractivity contribution in [3.8, 4) is 0 Å². The number of esters is 1. The molecule has 0 amide bonds. The summed E-state index contributed by atoms with van der Waals surface area (Å²) in [5.74, 6) is 0.521. The SMILES string of the molecule is CC/C(=C/CNCc1cc(C)on1)C(=O)OC. The Morgan fingerprint density at radius 3 is 2.94 bits per heavy atom. The first-order valence-electron chi connectivity index (χ1n) is 5.57. The van der Waals surface area contributed by atoms with E-state index < -0.39 is 0 Å². The van der Waals surface area contributed by atoms with Crippen molar-refractivity contribution in [3.05, 3.63) is 29.2 Å². The summed E-state index contributed by atoms with van der Waals surface area (Å²) < 4.78 is 9.60. The van der Waals surface area contributed by atoms with Crippen LogP contribution in [-0.4, -0.2) is 24.8 Å². The van der Waals surface area contributed by atoms with Gasteiger partial charge in [0.15, 0.2) is 0 Å². The van der Waals surface area contributed by atoms with Crippen molar-refractivity contribution in [1.29, 1.82) is 0 Å². The minimum Gasteiger partial charge on any atom is -0.466 e. The standard InChI is InChI=1S/C12H18N2O3/c1-4-10(12(15)16-3)5-6-13-8-11-7-9(2)17-14-11/h5,7,13H,4,6,8H2,1-3H3/b10-5-. The van der Waals surface area contributed by atoms with Crippen molar-refractivity contribution in [1.82, 2.24) is 10.5 Å². The van der Waals surface area contributed by atoms with Crippen LogP contribution in [0.15, 0.2) is 22.2 Å². The van der Waals surface area contributed by atoms with Gasteiger partial charge in [0.2, 0.25) is 0 Å². The lowest BCUT2D eigenvalue weighted by atomic mass is 10.2. The molecule has 1 aromatic rings. The molecule has 5 nitrogen and oxygen atoms in total. The maximum absolute atomic E-state index is 11.3. The lowest BCUT2D eigenvalue weighted by Crippen LogP contribution is -2.15. The van der Waals surface area contributed by atoms with Gasteiger partial charge in [-0.3, -0.25) is 0 Å². The molecule has 0 radical (unpaired) electrons. The zero-order valence-corrected chi connectivity index (χ0v) is 10.4. The number of ether oxygens (including phenoxy) is 1. The molecule has 1 N–H and O–H groups in total. The largest absolute Gasteiger partial charge is 0.466 e. The fourth-order valence-electron chi connectivity index (χ4n) is 1.40. The Bertz CT molecular complexity index is 396. The Labute approximate surface area is 101 Å². The van der Waals surface area contributed by atoms with Crippen molar-refractivity contribution in [2.45, 2.75) is 26.8 Å². The Morgan fingerprint density at radius 1 is 1.65 bits per heavy atom. The van der Waals surface area contributed by atoms with E-state index >= 15 is 0 Å². The fourth-order valence-corrected chi connectivity index (χ4v) is 1.40.